The summed E-state index contributed by atoms with van der Waals surface area (Å²) < 4.78 is 0. The number of urea groups is 1. The second-order valence-electron chi connectivity index (χ2n) is 4.13. The van der Waals surface area contributed by atoms with Crippen molar-refractivity contribution in [2.24, 2.45) is 16.8 Å². The lowest BCUT2D eigenvalue weighted by molar-refractivity contribution is -0.116. The van der Waals surface area contributed by atoms with Crippen LogP contribution in [0, 0.1) is 5.92 Å². The molecule has 0 saturated carbocycles. The van der Waals surface area contributed by atoms with Crippen LogP contribution < -0.4 is 11.2 Å². The van der Waals surface area contributed by atoms with E-state index in [0.29, 0.717) is 6.42 Å². The van der Waals surface area contributed by atoms with Gasteiger partial charge in [-0.05, 0) is 18.9 Å². The van der Waals surface area contributed by atoms with Crippen molar-refractivity contribution in [1.82, 2.24) is 5.43 Å². The maximum atomic E-state index is 11.9. The molecule has 18 heavy (non-hydrogen) atoms. The first kappa shape index (κ1) is 13.9. The summed E-state index contributed by atoms with van der Waals surface area (Å²) in [6, 6.07) is 8.96. The summed E-state index contributed by atoms with van der Waals surface area (Å²) >= 11 is 0. The highest BCUT2D eigenvalue weighted by atomic mass is 16.2. The lowest BCUT2D eigenvalue weighted by Crippen LogP contribution is -2.29. The summed E-state index contributed by atoms with van der Waals surface area (Å²) in [5.41, 5.74) is 8.26. The molecule has 1 atom stereocenters. The lowest BCUT2D eigenvalue weighted by Gasteiger charge is -2.10. The second-order valence-corrected chi connectivity index (χ2v) is 4.13. The standard InChI is InChI=1S/C13H17N3O2/c1-9(8-11-6-4-3-5-7-11)12(17)10(2)15-16-13(14)18/h3-7,9H,8H2,1-2H3,(H3,14,16,18)/t9-/m1/s1. The van der Waals surface area contributed by atoms with Crippen LogP contribution in [0.25, 0.3) is 0 Å². The number of nitrogens with one attached hydrogen (secondary N) is 1. The molecule has 5 nitrogen and oxygen atoms in total. The molecule has 0 fully saturated rings. The highest BCUT2D eigenvalue weighted by molar-refractivity contribution is 6.39. The van der Waals surface area contributed by atoms with Crippen molar-refractivity contribution in [3.05, 3.63) is 35.9 Å². The number of Topliss-reactive ketones (excluding diaryl/α,β-unsaturated/α-hetero) is 1. The molecule has 0 unspecified atom stereocenters. The molecule has 0 saturated heterocycles. The second kappa shape index (κ2) is 6.54. The molecule has 0 aliphatic heterocycles. The third-order valence-corrected chi connectivity index (χ3v) is 2.52. The minimum atomic E-state index is -0.780. The maximum absolute atomic E-state index is 11.9. The highest BCUT2D eigenvalue weighted by Gasteiger charge is 2.16. The number of hydrogen-bond donors (Lipinski definition) is 2. The van der Waals surface area contributed by atoms with Gasteiger partial charge < -0.3 is 5.73 Å². The van der Waals surface area contributed by atoms with Crippen LogP contribution in [-0.4, -0.2) is 17.5 Å². The van der Waals surface area contributed by atoms with Crippen LogP contribution in [0.3, 0.4) is 0 Å². The Morgan fingerprint density at radius 1 is 1.33 bits per heavy atom. The van der Waals surface area contributed by atoms with Gasteiger partial charge in [-0.1, -0.05) is 37.3 Å². The first-order valence-corrected chi connectivity index (χ1v) is 5.68. The summed E-state index contributed by atoms with van der Waals surface area (Å²) in [6.45, 7) is 3.39. The Labute approximate surface area is 106 Å². The topological polar surface area (TPSA) is 84.5 Å². The number of carbonyl (C=O) groups excluding carboxylic acids is 2. The Balaban J connectivity index is 2.61. The van der Waals surface area contributed by atoms with Gasteiger partial charge in [-0.3, -0.25) is 4.79 Å². The number of primary amides is 1. The Bertz CT molecular complexity index is 455. The smallest absolute Gasteiger partial charge is 0.332 e. The normalized spacial score (nSPS) is 12.9. The number of benzene rings is 1. The molecular formula is C13H17N3O2. The molecule has 0 heterocycles. The van der Waals surface area contributed by atoms with Crippen LogP contribution in [0.5, 0.6) is 0 Å². The zero-order valence-corrected chi connectivity index (χ0v) is 10.5. The van der Waals surface area contributed by atoms with Crippen LogP contribution in [0.15, 0.2) is 35.4 Å². The van der Waals surface area contributed by atoms with Crippen molar-refractivity contribution < 1.29 is 9.59 Å². The van der Waals surface area contributed by atoms with E-state index in [1.165, 1.54) is 0 Å². The summed E-state index contributed by atoms with van der Waals surface area (Å²) in [7, 11) is 0. The van der Waals surface area contributed by atoms with Crippen molar-refractivity contribution in [1.29, 1.82) is 0 Å². The molecule has 1 aromatic carbocycles. The van der Waals surface area contributed by atoms with Crippen LogP contribution in [-0.2, 0) is 11.2 Å². The molecular weight excluding hydrogens is 230 g/mol. The summed E-state index contributed by atoms with van der Waals surface area (Å²) in [4.78, 5) is 22.4. The van der Waals surface area contributed by atoms with E-state index in [9.17, 15) is 9.59 Å². The predicted molar refractivity (Wildman–Crippen MR) is 70.1 cm³/mol. The fraction of sp³-hybridized carbons (Fsp3) is 0.308. The number of nitrogens with zero attached hydrogens (tertiary/aromatic N) is 1. The average molecular weight is 247 g/mol. The van der Waals surface area contributed by atoms with Crippen LogP contribution in [0.1, 0.15) is 19.4 Å². The number of nitrogens with two attached hydrogens (primary N) is 1. The fourth-order valence-electron chi connectivity index (χ4n) is 1.61. The Kier molecular flexibility index (Phi) is 5.05. The van der Waals surface area contributed by atoms with E-state index in [4.69, 9.17) is 5.73 Å². The maximum Gasteiger partial charge on any atom is 0.332 e. The number of hydrazone groups is 1. The third-order valence-electron chi connectivity index (χ3n) is 2.52. The van der Waals surface area contributed by atoms with Crippen molar-refractivity contribution in [3.8, 4) is 0 Å². The molecule has 0 spiro atoms. The van der Waals surface area contributed by atoms with Gasteiger partial charge in [0.1, 0.15) is 5.71 Å². The molecule has 2 amide bonds. The molecule has 0 radical (unpaired) electrons. The average Bonchev–Trinajstić information content (AvgIpc) is 2.36. The van der Waals surface area contributed by atoms with Gasteiger partial charge in [-0.25, -0.2) is 10.2 Å². The zero-order valence-electron chi connectivity index (χ0n) is 10.5. The van der Waals surface area contributed by atoms with Gasteiger partial charge in [0.05, 0.1) is 0 Å². The van der Waals surface area contributed by atoms with Crippen molar-refractivity contribution >= 4 is 17.5 Å². The van der Waals surface area contributed by atoms with Crippen LogP contribution in [0.4, 0.5) is 4.79 Å². The first-order valence-electron chi connectivity index (χ1n) is 5.68. The number of hydrogen-bond acceptors (Lipinski definition) is 3. The van der Waals surface area contributed by atoms with E-state index in [0.717, 1.165) is 5.56 Å². The van der Waals surface area contributed by atoms with Crippen LogP contribution in [0.2, 0.25) is 0 Å². The van der Waals surface area contributed by atoms with E-state index in [1.54, 1.807) is 6.92 Å². The van der Waals surface area contributed by atoms with Gasteiger partial charge in [0.2, 0.25) is 0 Å². The molecule has 3 N–H and O–H groups in total. The number of ketones is 1. The lowest BCUT2D eigenvalue weighted by atomic mass is 9.95. The Hall–Kier alpha value is -2.17. The quantitative estimate of drug-likeness (QED) is 0.610. The molecule has 0 bridgehead atoms. The number of amides is 2. The van der Waals surface area contributed by atoms with E-state index in [1.807, 2.05) is 37.3 Å². The van der Waals surface area contributed by atoms with E-state index in [-0.39, 0.29) is 17.4 Å². The van der Waals surface area contributed by atoms with Crippen molar-refractivity contribution in [2.75, 3.05) is 0 Å². The van der Waals surface area contributed by atoms with Gasteiger partial charge in [-0.15, -0.1) is 0 Å². The van der Waals surface area contributed by atoms with E-state index in [2.05, 4.69) is 10.5 Å². The monoisotopic (exact) mass is 247 g/mol. The van der Waals surface area contributed by atoms with E-state index < -0.39 is 6.03 Å². The molecule has 0 aliphatic rings. The van der Waals surface area contributed by atoms with Crippen molar-refractivity contribution in [3.63, 3.8) is 0 Å². The van der Waals surface area contributed by atoms with Gasteiger partial charge in [0, 0.05) is 5.92 Å². The predicted octanol–water partition coefficient (Wildman–Crippen LogP) is 1.48. The van der Waals surface area contributed by atoms with Crippen LogP contribution >= 0.6 is 0 Å². The Morgan fingerprint density at radius 2 is 1.94 bits per heavy atom. The van der Waals surface area contributed by atoms with Gasteiger partial charge >= 0.3 is 6.03 Å². The summed E-state index contributed by atoms with van der Waals surface area (Å²) in [6.07, 6.45) is 0.642. The number of rotatable bonds is 5. The SMILES string of the molecule is CC(=NNC(N)=O)C(=O)[C@H](C)Cc1ccccc1. The molecule has 1 rings (SSSR count). The largest absolute Gasteiger partial charge is 0.350 e. The molecule has 0 aliphatic carbocycles. The molecule has 5 heteroatoms. The Morgan fingerprint density at radius 3 is 2.50 bits per heavy atom. The van der Waals surface area contributed by atoms with Gasteiger partial charge in [-0.2, -0.15) is 5.10 Å². The molecule has 1 aromatic rings. The number of carbonyl (C=O) groups is 2. The highest BCUT2D eigenvalue weighted by Crippen LogP contribution is 2.09. The fourth-order valence-corrected chi connectivity index (χ4v) is 1.61. The summed E-state index contributed by atoms with van der Waals surface area (Å²) in [5, 5.41) is 3.63. The zero-order chi connectivity index (χ0) is 13.5. The minimum Gasteiger partial charge on any atom is -0.350 e. The van der Waals surface area contributed by atoms with E-state index >= 15 is 0 Å². The molecule has 96 valence electrons. The van der Waals surface area contributed by atoms with Gasteiger partial charge in [0.25, 0.3) is 0 Å². The minimum absolute atomic E-state index is 0.104. The first-order chi connectivity index (χ1) is 8.50. The third kappa shape index (κ3) is 4.37. The molecule has 0 aromatic heterocycles. The summed E-state index contributed by atoms with van der Waals surface area (Å²) in [5.74, 6) is -0.293. The van der Waals surface area contributed by atoms with Gasteiger partial charge in [0.15, 0.2) is 5.78 Å². The van der Waals surface area contributed by atoms with Crippen molar-refractivity contribution in [2.45, 2.75) is 20.3 Å².